The van der Waals surface area contributed by atoms with Crippen LogP contribution >= 0.6 is 11.3 Å². The number of ether oxygens (including phenoxy) is 2. The molecule has 154 valence electrons. The molecule has 0 atom stereocenters. The molecule has 10 heteroatoms. The van der Waals surface area contributed by atoms with Gasteiger partial charge in [0.2, 0.25) is 0 Å². The van der Waals surface area contributed by atoms with Crippen molar-refractivity contribution in [2.75, 3.05) is 19.5 Å². The lowest BCUT2D eigenvalue weighted by molar-refractivity contribution is 0.277. The van der Waals surface area contributed by atoms with Gasteiger partial charge in [0.15, 0.2) is 16.6 Å². The molecule has 0 bridgehead atoms. The largest absolute Gasteiger partial charge is 0.493 e. The number of aromatic nitrogens is 4. The summed E-state index contributed by atoms with van der Waals surface area (Å²) in [4.78, 5) is 28.7. The fourth-order valence-electron chi connectivity index (χ4n) is 2.96. The standard InChI is InChI=1S/C20H19N5O4S/c1-28-15-7-13-14(8-16(15)29-2)23-18(24-19(13)27)6-12-10-30-20(22-12)25-17-5-3-4-11(9-26)21-17/h3-5,7-8,10,26H,6,9H2,1-2H3,(H,21,22,25)(H,23,24,27). The number of thiazole rings is 1. The van der Waals surface area contributed by atoms with Gasteiger partial charge in [0, 0.05) is 17.9 Å². The zero-order valence-corrected chi connectivity index (χ0v) is 17.1. The van der Waals surface area contributed by atoms with Crippen molar-refractivity contribution in [1.82, 2.24) is 19.9 Å². The van der Waals surface area contributed by atoms with Gasteiger partial charge in [0.05, 0.1) is 43.1 Å². The lowest BCUT2D eigenvalue weighted by atomic mass is 10.2. The predicted molar refractivity (Wildman–Crippen MR) is 114 cm³/mol. The Kier molecular flexibility index (Phi) is 5.59. The van der Waals surface area contributed by atoms with Crippen LogP contribution in [0.2, 0.25) is 0 Å². The maximum atomic E-state index is 12.5. The zero-order chi connectivity index (χ0) is 21.1. The van der Waals surface area contributed by atoms with E-state index in [4.69, 9.17) is 9.47 Å². The van der Waals surface area contributed by atoms with Crippen LogP contribution in [0.25, 0.3) is 10.9 Å². The number of aliphatic hydroxyl groups is 1. The van der Waals surface area contributed by atoms with E-state index in [1.54, 1.807) is 24.3 Å². The first kappa shape index (κ1) is 19.8. The average Bonchev–Trinajstić information content (AvgIpc) is 3.19. The number of aromatic amines is 1. The van der Waals surface area contributed by atoms with Crippen LogP contribution in [-0.2, 0) is 13.0 Å². The Bertz CT molecular complexity index is 1250. The predicted octanol–water partition coefficient (Wildman–Crippen LogP) is 2.62. The highest BCUT2D eigenvalue weighted by atomic mass is 32.1. The summed E-state index contributed by atoms with van der Waals surface area (Å²) in [5, 5.41) is 15.3. The van der Waals surface area contributed by atoms with E-state index in [1.165, 1.54) is 25.6 Å². The van der Waals surface area contributed by atoms with Crippen molar-refractivity contribution in [2.45, 2.75) is 13.0 Å². The summed E-state index contributed by atoms with van der Waals surface area (Å²) in [6.45, 7) is -0.129. The maximum absolute atomic E-state index is 12.5. The molecule has 0 radical (unpaired) electrons. The van der Waals surface area contributed by atoms with Crippen LogP contribution in [0, 0.1) is 0 Å². The normalized spacial score (nSPS) is 10.9. The molecule has 0 aliphatic rings. The molecule has 4 aromatic rings. The van der Waals surface area contributed by atoms with E-state index >= 15 is 0 Å². The Morgan fingerprint density at radius 3 is 2.67 bits per heavy atom. The molecular formula is C20H19N5O4S. The lowest BCUT2D eigenvalue weighted by Crippen LogP contribution is -2.12. The van der Waals surface area contributed by atoms with E-state index < -0.39 is 0 Å². The molecule has 0 saturated heterocycles. The highest BCUT2D eigenvalue weighted by molar-refractivity contribution is 7.13. The van der Waals surface area contributed by atoms with Gasteiger partial charge in [0.25, 0.3) is 5.56 Å². The van der Waals surface area contributed by atoms with Crippen LogP contribution in [0.4, 0.5) is 10.9 Å². The third-order valence-corrected chi connectivity index (χ3v) is 5.17. The molecule has 30 heavy (non-hydrogen) atoms. The highest BCUT2D eigenvalue weighted by Crippen LogP contribution is 2.30. The van der Waals surface area contributed by atoms with Crippen LogP contribution in [0.15, 0.2) is 40.5 Å². The second-order valence-electron chi connectivity index (χ2n) is 6.36. The Hall–Kier alpha value is -3.50. The van der Waals surface area contributed by atoms with E-state index in [1.807, 2.05) is 11.4 Å². The SMILES string of the molecule is COc1cc2nc(Cc3csc(Nc4cccc(CO)n4)n3)[nH]c(=O)c2cc1OC. The van der Waals surface area contributed by atoms with Crippen molar-refractivity contribution in [1.29, 1.82) is 0 Å². The second-order valence-corrected chi connectivity index (χ2v) is 7.21. The van der Waals surface area contributed by atoms with Crippen LogP contribution in [0.5, 0.6) is 11.5 Å². The minimum absolute atomic E-state index is 0.129. The fourth-order valence-corrected chi connectivity index (χ4v) is 3.68. The Balaban J connectivity index is 1.57. The smallest absolute Gasteiger partial charge is 0.258 e. The van der Waals surface area contributed by atoms with Gasteiger partial charge in [-0.05, 0) is 18.2 Å². The van der Waals surface area contributed by atoms with Gasteiger partial charge in [0.1, 0.15) is 11.6 Å². The van der Waals surface area contributed by atoms with E-state index in [0.717, 1.165) is 5.69 Å². The third kappa shape index (κ3) is 4.09. The van der Waals surface area contributed by atoms with Crippen LogP contribution in [-0.4, -0.2) is 39.3 Å². The quantitative estimate of drug-likeness (QED) is 0.413. The lowest BCUT2D eigenvalue weighted by Gasteiger charge is -2.09. The van der Waals surface area contributed by atoms with E-state index in [-0.39, 0.29) is 12.2 Å². The third-order valence-electron chi connectivity index (χ3n) is 4.36. The number of rotatable bonds is 7. The van der Waals surface area contributed by atoms with Gasteiger partial charge >= 0.3 is 0 Å². The molecule has 4 rings (SSSR count). The summed E-state index contributed by atoms with van der Waals surface area (Å²) < 4.78 is 10.6. The first-order valence-electron chi connectivity index (χ1n) is 9.02. The molecule has 1 aromatic carbocycles. The Morgan fingerprint density at radius 1 is 1.10 bits per heavy atom. The minimum atomic E-state index is -0.255. The van der Waals surface area contributed by atoms with Crippen molar-refractivity contribution in [3.8, 4) is 11.5 Å². The van der Waals surface area contributed by atoms with Crippen molar-refractivity contribution < 1.29 is 14.6 Å². The van der Waals surface area contributed by atoms with E-state index in [0.29, 0.717) is 51.3 Å². The van der Waals surface area contributed by atoms with Gasteiger partial charge in [-0.25, -0.2) is 15.0 Å². The van der Waals surface area contributed by atoms with Crippen molar-refractivity contribution in [3.05, 3.63) is 63.3 Å². The van der Waals surface area contributed by atoms with Crippen molar-refractivity contribution >= 4 is 33.2 Å². The molecule has 0 aliphatic heterocycles. The topological polar surface area (TPSA) is 122 Å². The summed E-state index contributed by atoms with van der Waals surface area (Å²) in [5.74, 6) is 2.07. The number of nitrogens with zero attached hydrogens (tertiary/aromatic N) is 3. The monoisotopic (exact) mass is 425 g/mol. The summed E-state index contributed by atoms with van der Waals surface area (Å²) in [7, 11) is 3.05. The van der Waals surface area contributed by atoms with Gasteiger partial charge < -0.3 is 24.9 Å². The molecule has 9 nitrogen and oxygen atoms in total. The van der Waals surface area contributed by atoms with Crippen LogP contribution in [0.1, 0.15) is 17.2 Å². The number of nitrogens with one attached hydrogen (secondary N) is 2. The molecule has 3 heterocycles. The molecule has 3 aromatic heterocycles. The molecule has 0 spiro atoms. The molecule has 3 N–H and O–H groups in total. The first-order valence-corrected chi connectivity index (χ1v) is 9.90. The molecular weight excluding hydrogens is 406 g/mol. The molecule has 0 unspecified atom stereocenters. The number of benzene rings is 1. The second kappa shape index (κ2) is 8.47. The summed E-state index contributed by atoms with van der Waals surface area (Å²) in [6.07, 6.45) is 0.363. The zero-order valence-electron chi connectivity index (χ0n) is 16.3. The van der Waals surface area contributed by atoms with Crippen molar-refractivity contribution in [2.24, 2.45) is 0 Å². The van der Waals surface area contributed by atoms with Crippen LogP contribution in [0.3, 0.4) is 0 Å². The van der Waals surface area contributed by atoms with Gasteiger partial charge in [-0.1, -0.05) is 6.07 Å². The minimum Gasteiger partial charge on any atom is -0.493 e. The fraction of sp³-hybridized carbons (Fsp3) is 0.200. The number of aliphatic hydroxyl groups excluding tert-OH is 1. The molecule has 0 amide bonds. The number of hydrogen-bond acceptors (Lipinski definition) is 9. The number of anilines is 2. The summed E-state index contributed by atoms with van der Waals surface area (Å²) >= 11 is 1.41. The Labute approximate surface area is 175 Å². The molecule has 0 aliphatic carbocycles. The average molecular weight is 425 g/mol. The first-order chi connectivity index (χ1) is 14.6. The number of fused-ring (bicyclic) bond motifs is 1. The van der Waals surface area contributed by atoms with Gasteiger partial charge in [-0.3, -0.25) is 4.79 Å². The van der Waals surface area contributed by atoms with Gasteiger partial charge in [-0.2, -0.15) is 0 Å². The number of pyridine rings is 1. The van der Waals surface area contributed by atoms with E-state index in [9.17, 15) is 9.90 Å². The number of H-pyrrole nitrogens is 1. The maximum Gasteiger partial charge on any atom is 0.258 e. The molecule has 0 saturated carbocycles. The van der Waals surface area contributed by atoms with Crippen LogP contribution < -0.4 is 20.3 Å². The number of hydrogen-bond donors (Lipinski definition) is 3. The van der Waals surface area contributed by atoms with Gasteiger partial charge in [-0.15, -0.1) is 11.3 Å². The molecule has 0 fully saturated rings. The summed E-state index contributed by atoms with van der Waals surface area (Å²) in [6, 6.07) is 8.64. The summed E-state index contributed by atoms with van der Waals surface area (Å²) in [5.41, 5.74) is 1.59. The van der Waals surface area contributed by atoms with E-state index in [2.05, 4.69) is 25.3 Å². The highest BCUT2D eigenvalue weighted by Gasteiger charge is 2.12. The van der Waals surface area contributed by atoms with Crippen molar-refractivity contribution in [3.63, 3.8) is 0 Å². The Morgan fingerprint density at radius 2 is 1.90 bits per heavy atom. The number of methoxy groups -OCH3 is 2.